The second kappa shape index (κ2) is 3.60. The molecular weight excluding hydrogens is 212 g/mol. The van der Waals surface area contributed by atoms with Gasteiger partial charge in [-0.3, -0.25) is 4.79 Å². The first-order chi connectivity index (χ1) is 8.03. The molecule has 0 bridgehead atoms. The van der Waals surface area contributed by atoms with Crippen LogP contribution in [0.15, 0.2) is 12.2 Å². The lowest BCUT2D eigenvalue weighted by molar-refractivity contribution is -0.148. The topological polar surface area (TPSA) is 26.3 Å². The van der Waals surface area contributed by atoms with Crippen molar-refractivity contribution in [1.82, 2.24) is 0 Å². The SMILES string of the molecule is C=C1CCC[C@@]2(C)CC[C@H]3[C@H](OC(=O)[C@@H]3C)[C@H]12. The van der Waals surface area contributed by atoms with E-state index >= 15 is 0 Å². The Morgan fingerprint density at radius 1 is 1.41 bits per heavy atom. The first kappa shape index (κ1) is 11.3. The van der Waals surface area contributed by atoms with E-state index in [1.165, 1.54) is 24.8 Å². The van der Waals surface area contributed by atoms with Crippen LogP contribution in [0.25, 0.3) is 0 Å². The Hall–Kier alpha value is -0.790. The van der Waals surface area contributed by atoms with Crippen LogP contribution >= 0.6 is 0 Å². The first-order valence-electron chi connectivity index (χ1n) is 6.91. The zero-order chi connectivity index (χ0) is 12.2. The largest absolute Gasteiger partial charge is 0.461 e. The maximum Gasteiger partial charge on any atom is 0.309 e. The summed E-state index contributed by atoms with van der Waals surface area (Å²) in [5.41, 5.74) is 1.66. The van der Waals surface area contributed by atoms with Crippen molar-refractivity contribution < 1.29 is 9.53 Å². The molecule has 0 spiro atoms. The lowest BCUT2D eigenvalue weighted by Crippen LogP contribution is -2.47. The molecule has 2 aliphatic carbocycles. The van der Waals surface area contributed by atoms with Gasteiger partial charge in [-0.15, -0.1) is 0 Å². The van der Waals surface area contributed by atoms with E-state index in [1.807, 2.05) is 6.92 Å². The average Bonchev–Trinajstić information content (AvgIpc) is 2.54. The highest BCUT2D eigenvalue weighted by atomic mass is 16.6. The fourth-order valence-corrected chi connectivity index (χ4v) is 4.45. The van der Waals surface area contributed by atoms with Crippen LogP contribution < -0.4 is 0 Å². The van der Waals surface area contributed by atoms with Gasteiger partial charge < -0.3 is 4.74 Å². The van der Waals surface area contributed by atoms with E-state index in [2.05, 4.69) is 13.5 Å². The molecule has 3 aliphatic rings. The number of esters is 1. The number of hydrogen-bond donors (Lipinski definition) is 0. The molecule has 0 aromatic rings. The molecule has 1 heterocycles. The molecule has 17 heavy (non-hydrogen) atoms. The van der Waals surface area contributed by atoms with Gasteiger partial charge in [0, 0.05) is 11.8 Å². The van der Waals surface area contributed by atoms with Gasteiger partial charge in [0.1, 0.15) is 6.10 Å². The molecule has 3 rings (SSSR count). The number of rotatable bonds is 0. The highest BCUT2D eigenvalue weighted by molar-refractivity contribution is 5.75. The molecule has 0 aromatic heterocycles. The predicted molar refractivity (Wildman–Crippen MR) is 66.4 cm³/mol. The molecule has 2 nitrogen and oxygen atoms in total. The van der Waals surface area contributed by atoms with E-state index < -0.39 is 0 Å². The molecule has 2 saturated carbocycles. The summed E-state index contributed by atoms with van der Waals surface area (Å²) in [7, 11) is 0. The Morgan fingerprint density at radius 3 is 2.94 bits per heavy atom. The highest BCUT2D eigenvalue weighted by Gasteiger charge is 2.55. The van der Waals surface area contributed by atoms with Gasteiger partial charge in [0.25, 0.3) is 0 Å². The lowest BCUT2D eigenvalue weighted by Gasteiger charge is -2.50. The van der Waals surface area contributed by atoms with Crippen molar-refractivity contribution in [2.75, 3.05) is 0 Å². The minimum atomic E-state index is 0.0163. The molecule has 0 N–H and O–H groups in total. The molecule has 2 heteroatoms. The van der Waals surface area contributed by atoms with Crippen molar-refractivity contribution in [1.29, 1.82) is 0 Å². The smallest absolute Gasteiger partial charge is 0.309 e. The molecule has 0 unspecified atom stereocenters. The molecule has 1 aliphatic heterocycles. The number of fused-ring (bicyclic) bond motifs is 3. The van der Waals surface area contributed by atoms with Crippen LogP contribution in [0.5, 0.6) is 0 Å². The number of carbonyl (C=O) groups excluding carboxylic acids is 1. The highest BCUT2D eigenvalue weighted by Crippen LogP contribution is 2.57. The lowest BCUT2D eigenvalue weighted by atomic mass is 9.55. The van der Waals surface area contributed by atoms with Gasteiger partial charge in [0.05, 0.1) is 5.92 Å². The number of ether oxygens (including phenoxy) is 1. The standard InChI is InChI=1S/C15H22O2/c1-9-5-4-7-15(3)8-6-11-10(2)14(16)17-13(11)12(9)15/h10-13H,1,4-8H2,2-3H3/t10-,11-,12+,13+,15+/m1/s1. The zero-order valence-electron chi connectivity index (χ0n) is 10.9. The van der Waals surface area contributed by atoms with Crippen molar-refractivity contribution in [3.63, 3.8) is 0 Å². The van der Waals surface area contributed by atoms with Crippen molar-refractivity contribution in [2.45, 2.75) is 52.1 Å². The molecule has 0 radical (unpaired) electrons. The Kier molecular flexibility index (Phi) is 2.39. The monoisotopic (exact) mass is 234 g/mol. The molecule has 1 saturated heterocycles. The third-order valence-electron chi connectivity index (χ3n) is 5.50. The summed E-state index contributed by atoms with van der Waals surface area (Å²) in [5.74, 6) is 0.973. The fraction of sp³-hybridized carbons (Fsp3) is 0.800. The summed E-state index contributed by atoms with van der Waals surface area (Å²) >= 11 is 0. The summed E-state index contributed by atoms with van der Waals surface area (Å²) in [6, 6.07) is 0. The first-order valence-corrected chi connectivity index (χ1v) is 6.91. The van der Waals surface area contributed by atoms with Crippen molar-refractivity contribution in [3.05, 3.63) is 12.2 Å². The molecule has 3 fully saturated rings. The summed E-state index contributed by atoms with van der Waals surface area (Å²) in [4.78, 5) is 11.8. The minimum Gasteiger partial charge on any atom is -0.461 e. The zero-order valence-corrected chi connectivity index (χ0v) is 10.9. The Bertz CT molecular complexity index is 373. The predicted octanol–water partition coefficient (Wildman–Crippen LogP) is 3.32. The molecule has 5 atom stereocenters. The van der Waals surface area contributed by atoms with Gasteiger partial charge in [-0.1, -0.05) is 26.0 Å². The summed E-state index contributed by atoms with van der Waals surface area (Å²) in [6.45, 7) is 8.66. The van der Waals surface area contributed by atoms with Crippen LogP contribution in [0.3, 0.4) is 0 Å². The second-order valence-electron chi connectivity index (χ2n) is 6.54. The normalized spacial score (nSPS) is 49.5. The van der Waals surface area contributed by atoms with Gasteiger partial charge in [-0.25, -0.2) is 0 Å². The quantitative estimate of drug-likeness (QED) is 0.475. The van der Waals surface area contributed by atoms with Crippen LogP contribution in [-0.4, -0.2) is 12.1 Å². The fourth-order valence-electron chi connectivity index (χ4n) is 4.45. The molecule has 94 valence electrons. The maximum atomic E-state index is 11.8. The van der Waals surface area contributed by atoms with Crippen LogP contribution in [0.2, 0.25) is 0 Å². The van der Waals surface area contributed by atoms with Gasteiger partial charge in [0.2, 0.25) is 0 Å². The van der Waals surface area contributed by atoms with Gasteiger partial charge in [0.15, 0.2) is 0 Å². The van der Waals surface area contributed by atoms with Crippen LogP contribution in [0, 0.1) is 23.2 Å². The van der Waals surface area contributed by atoms with E-state index in [4.69, 9.17) is 4.74 Å². The molecule has 0 amide bonds. The van der Waals surface area contributed by atoms with Crippen molar-refractivity contribution >= 4 is 5.97 Å². The summed E-state index contributed by atoms with van der Waals surface area (Å²) < 4.78 is 5.68. The summed E-state index contributed by atoms with van der Waals surface area (Å²) in [5, 5.41) is 0. The van der Waals surface area contributed by atoms with Crippen LogP contribution in [-0.2, 0) is 9.53 Å². The van der Waals surface area contributed by atoms with E-state index in [1.54, 1.807) is 0 Å². The minimum absolute atomic E-state index is 0.0163. The Morgan fingerprint density at radius 2 is 2.18 bits per heavy atom. The van der Waals surface area contributed by atoms with Crippen molar-refractivity contribution in [2.24, 2.45) is 23.2 Å². The Labute approximate surface area is 103 Å². The van der Waals surface area contributed by atoms with E-state index in [0.717, 1.165) is 12.8 Å². The van der Waals surface area contributed by atoms with Gasteiger partial charge >= 0.3 is 5.97 Å². The molecular formula is C15H22O2. The number of hydrogen-bond acceptors (Lipinski definition) is 2. The third-order valence-corrected chi connectivity index (χ3v) is 5.50. The van der Waals surface area contributed by atoms with Crippen LogP contribution in [0.1, 0.15) is 46.0 Å². The van der Waals surface area contributed by atoms with E-state index in [0.29, 0.717) is 17.3 Å². The maximum absolute atomic E-state index is 11.8. The summed E-state index contributed by atoms with van der Waals surface area (Å²) in [6.07, 6.45) is 6.16. The second-order valence-corrected chi connectivity index (χ2v) is 6.54. The Balaban J connectivity index is 1.95. The van der Waals surface area contributed by atoms with Crippen LogP contribution in [0.4, 0.5) is 0 Å². The average molecular weight is 234 g/mol. The van der Waals surface area contributed by atoms with E-state index in [9.17, 15) is 4.79 Å². The van der Waals surface area contributed by atoms with Gasteiger partial charge in [-0.05, 0) is 37.5 Å². The molecule has 0 aromatic carbocycles. The number of carbonyl (C=O) groups is 1. The van der Waals surface area contributed by atoms with Gasteiger partial charge in [-0.2, -0.15) is 0 Å². The third kappa shape index (κ3) is 1.49. The van der Waals surface area contributed by atoms with E-state index in [-0.39, 0.29) is 18.0 Å². The van der Waals surface area contributed by atoms with Crippen molar-refractivity contribution in [3.8, 4) is 0 Å².